The minimum atomic E-state index is 0.548. The largest absolute Gasteiger partial charge is 0.334 e. The lowest BCUT2D eigenvalue weighted by Gasteiger charge is -2.31. The molecule has 0 N–H and O–H groups in total. The van der Waals surface area contributed by atoms with Crippen molar-refractivity contribution in [2.45, 2.75) is 104 Å². The Labute approximate surface area is 180 Å². The fourth-order valence-electron chi connectivity index (χ4n) is 4.59. The van der Waals surface area contributed by atoms with Crippen molar-refractivity contribution in [1.82, 2.24) is 9.55 Å². The van der Waals surface area contributed by atoms with Gasteiger partial charge in [-0.05, 0) is 30.2 Å². The van der Waals surface area contributed by atoms with Crippen LogP contribution in [0.5, 0.6) is 0 Å². The van der Waals surface area contributed by atoms with Crippen molar-refractivity contribution in [3.05, 3.63) is 54.6 Å². The minimum absolute atomic E-state index is 0.548. The maximum Gasteiger partial charge on any atom is 0.0948 e. The van der Waals surface area contributed by atoms with E-state index in [4.69, 9.17) is 0 Å². The van der Waals surface area contributed by atoms with Crippen LogP contribution in [0.15, 0.2) is 49.1 Å². The summed E-state index contributed by atoms with van der Waals surface area (Å²) in [6.07, 6.45) is 22.6. The molecule has 162 valence electrons. The summed E-state index contributed by atoms with van der Waals surface area (Å²) in [6.45, 7) is 7.06. The normalized spacial score (nSPS) is 13.7. The molecule has 1 aromatic carbocycles. The smallest absolute Gasteiger partial charge is 0.0948 e. The maximum atomic E-state index is 4.35. The van der Waals surface area contributed by atoms with Crippen LogP contribution in [0.4, 0.5) is 0 Å². The summed E-state index contributed by atoms with van der Waals surface area (Å²) in [7, 11) is 0. The molecular formula is C27H44N2. The van der Waals surface area contributed by atoms with Crippen LogP contribution in [0.1, 0.15) is 103 Å². The van der Waals surface area contributed by atoms with E-state index in [2.05, 4.69) is 66.9 Å². The van der Waals surface area contributed by atoms with Crippen LogP contribution in [-0.2, 0) is 6.42 Å². The molecule has 0 bridgehead atoms. The highest BCUT2D eigenvalue weighted by atomic mass is 15.1. The molecule has 2 unspecified atom stereocenters. The molecule has 0 aliphatic rings. The molecule has 2 rings (SSSR count). The van der Waals surface area contributed by atoms with E-state index in [1.807, 2.05) is 12.5 Å². The molecule has 2 aromatic rings. The topological polar surface area (TPSA) is 17.8 Å². The first-order valence-corrected chi connectivity index (χ1v) is 12.2. The van der Waals surface area contributed by atoms with Crippen molar-refractivity contribution in [1.29, 1.82) is 0 Å². The summed E-state index contributed by atoms with van der Waals surface area (Å²) in [5.41, 5.74) is 1.46. The van der Waals surface area contributed by atoms with Gasteiger partial charge in [-0.1, -0.05) is 115 Å². The van der Waals surface area contributed by atoms with Gasteiger partial charge in [0.25, 0.3) is 0 Å². The van der Waals surface area contributed by atoms with Crippen LogP contribution in [0, 0.1) is 11.8 Å². The molecule has 0 saturated heterocycles. The zero-order chi connectivity index (χ0) is 20.7. The average molecular weight is 397 g/mol. The van der Waals surface area contributed by atoms with Crippen molar-refractivity contribution in [2.75, 3.05) is 0 Å². The van der Waals surface area contributed by atoms with E-state index in [-0.39, 0.29) is 0 Å². The lowest BCUT2D eigenvalue weighted by molar-refractivity contribution is 0.233. The Bertz CT molecular complexity index is 603. The van der Waals surface area contributed by atoms with E-state index in [0.717, 1.165) is 6.42 Å². The number of rotatable bonds is 16. The van der Waals surface area contributed by atoms with Crippen molar-refractivity contribution in [2.24, 2.45) is 11.8 Å². The molecule has 1 aromatic heterocycles. The number of unbranched alkanes of at least 4 members (excludes halogenated alkanes) is 9. The van der Waals surface area contributed by atoms with E-state index in [9.17, 15) is 0 Å². The van der Waals surface area contributed by atoms with Gasteiger partial charge in [0.15, 0.2) is 0 Å². The van der Waals surface area contributed by atoms with Gasteiger partial charge in [-0.3, -0.25) is 0 Å². The second kappa shape index (κ2) is 14.4. The Morgan fingerprint density at radius 1 is 0.828 bits per heavy atom. The van der Waals surface area contributed by atoms with Gasteiger partial charge >= 0.3 is 0 Å². The Morgan fingerprint density at radius 2 is 1.45 bits per heavy atom. The molecule has 0 fully saturated rings. The Hall–Kier alpha value is -1.57. The zero-order valence-electron chi connectivity index (χ0n) is 19.2. The van der Waals surface area contributed by atoms with Crippen LogP contribution in [0.2, 0.25) is 0 Å². The van der Waals surface area contributed by atoms with Crippen LogP contribution in [0.25, 0.3) is 0 Å². The summed E-state index contributed by atoms with van der Waals surface area (Å²) < 4.78 is 2.38. The predicted molar refractivity (Wildman–Crippen MR) is 126 cm³/mol. The maximum absolute atomic E-state index is 4.35. The Kier molecular flexibility index (Phi) is 11.8. The third-order valence-electron chi connectivity index (χ3n) is 6.43. The summed E-state index contributed by atoms with van der Waals surface area (Å²) >= 11 is 0. The Balaban J connectivity index is 1.80. The van der Waals surface area contributed by atoms with Gasteiger partial charge in [0, 0.05) is 18.4 Å². The second-order valence-corrected chi connectivity index (χ2v) is 9.15. The van der Waals surface area contributed by atoms with Crippen LogP contribution in [-0.4, -0.2) is 9.55 Å². The predicted octanol–water partition coefficient (Wildman–Crippen LogP) is 8.25. The fourth-order valence-corrected chi connectivity index (χ4v) is 4.59. The van der Waals surface area contributed by atoms with Gasteiger partial charge in [-0.25, -0.2) is 4.98 Å². The molecule has 29 heavy (non-hydrogen) atoms. The van der Waals surface area contributed by atoms with E-state index in [1.54, 1.807) is 0 Å². The first-order valence-electron chi connectivity index (χ1n) is 12.2. The summed E-state index contributed by atoms with van der Waals surface area (Å²) in [5, 5.41) is 0. The number of nitrogens with zero attached hydrogens (tertiary/aromatic N) is 2. The lowest BCUT2D eigenvalue weighted by atomic mass is 9.81. The summed E-state index contributed by atoms with van der Waals surface area (Å²) in [6, 6.07) is 11.6. The van der Waals surface area contributed by atoms with Crippen molar-refractivity contribution >= 4 is 0 Å². The molecular weight excluding hydrogens is 352 g/mol. The van der Waals surface area contributed by atoms with E-state index < -0.39 is 0 Å². The highest BCUT2D eigenvalue weighted by Gasteiger charge is 2.25. The van der Waals surface area contributed by atoms with Crippen LogP contribution < -0.4 is 0 Å². The number of benzene rings is 1. The first-order chi connectivity index (χ1) is 14.2. The molecule has 0 amide bonds. The SMILES string of the molecule is CCCCCCCCCCCCC(C(Cc1ccccc1)C(C)C)n1ccnc1. The standard InChI is InChI=1S/C27H44N2/c1-4-5-6-7-8-9-10-11-12-16-19-27(29-21-20-28-23-29)26(24(2)3)22-25-17-14-13-15-18-25/h13-15,17-18,20-21,23-24,26-27H,4-12,16,19,22H2,1-3H3. The molecule has 0 aliphatic heterocycles. The van der Waals surface area contributed by atoms with E-state index >= 15 is 0 Å². The minimum Gasteiger partial charge on any atom is -0.334 e. The van der Waals surface area contributed by atoms with Gasteiger partial charge in [0.05, 0.1) is 6.33 Å². The second-order valence-electron chi connectivity index (χ2n) is 9.15. The third-order valence-corrected chi connectivity index (χ3v) is 6.43. The van der Waals surface area contributed by atoms with Crippen molar-refractivity contribution < 1.29 is 0 Å². The summed E-state index contributed by atoms with van der Waals surface area (Å²) in [4.78, 5) is 4.35. The highest BCUT2D eigenvalue weighted by Crippen LogP contribution is 2.33. The first kappa shape index (κ1) is 23.7. The highest BCUT2D eigenvalue weighted by molar-refractivity contribution is 5.15. The molecule has 1 heterocycles. The number of imidazole rings is 1. The number of aromatic nitrogens is 2. The summed E-state index contributed by atoms with van der Waals surface area (Å²) in [5.74, 6) is 1.30. The molecule has 0 aliphatic carbocycles. The average Bonchev–Trinajstić information content (AvgIpc) is 3.26. The third kappa shape index (κ3) is 9.19. The molecule has 0 radical (unpaired) electrons. The van der Waals surface area contributed by atoms with Gasteiger partial charge in [0.2, 0.25) is 0 Å². The van der Waals surface area contributed by atoms with Gasteiger partial charge < -0.3 is 4.57 Å². The molecule has 0 saturated carbocycles. The Morgan fingerprint density at radius 3 is 2.00 bits per heavy atom. The van der Waals surface area contributed by atoms with Gasteiger partial charge in [0.1, 0.15) is 0 Å². The molecule has 2 heteroatoms. The number of hydrogen-bond donors (Lipinski definition) is 0. The molecule has 2 nitrogen and oxygen atoms in total. The van der Waals surface area contributed by atoms with Gasteiger partial charge in [-0.15, -0.1) is 0 Å². The van der Waals surface area contributed by atoms with Crippen LogP contribution >= 0.6 is 0 Å². The monoisotopic (exact) mass is 396 g/mol. The van der Waals surface area contributed by atoms with Crippen molar-refractivity contribution in [3.8, 4) is 0 Å². The lowest BCUT2D eigenvalue weighted by Crippen LogP contribution is -2.25. The molecule has 0 spiro atoms. The van der Waals surface area contributed by atoms with E-state index in [0.29, 0.717) is 17.9 Å². The van der Waals surface area contributed by atoms with Crippen molar-refractivity contribution in [3.63, 3.8) is 0 Å². The molecule has 2 atom stereocenters. The van der Waals surface area contributed by atoms with E-state index in [1.165, 1.54) is 76.2 Å². The zero-order valence-corrected chi connectivity index (χ0v) is 19.2. The quantitative estimate of drug-likeness (QED) is 0.261. The van der Waals surface area contributed by atoms with Gasteiger partial charge in [-0.2, -0.15) is 0 Å². The van der Waals surface area contributed by atoms with Crippen LogP contribution in [0.3, 0.4) is 0 Å². The fraction of sp³-hybridized carbons (Fsp3) is 0.667. The number of hydrogen-bond acceptors (Lipinski definition) is 1.